The Balaban J connectivity index is 1.79. The van der Waals surface area contributed by atoms with Crippen molar-refractivity contribution >= 4 is 38.9 Å². The van der Waals surface area contributed by atoms with Crippen molar-refractivity contribution < 1.29 is 23.1 Å². The number of amides is 1. The molecule has 0 saturated carbocycles. The van der Waals surface area contributed by atoms with E-state index in [9.17, 15) is 23.1 Å². The topological polar surface area (TPSA) is 162 Å². The molecule has 0 saturated heterocycles. The van der Waals surface area contributed by atoms with Crippen molar-refractivity contribution in [1.82, 2.24) is 0 Å². The Hall–Kier alpha value is -4.18. The van der Waals surface area contributed by atoms with Gasteiger partial charge in [-0.3, -0.25) is 10.2 Å². The monoisotopic (exact) mass is 466 g/mol. The van der Waals surface area contributed by atoms with Crippen LogP contribution in [0.5, 0.6) is 0 Å². The number of anilines is 2. The lowest BCUT2D eigenvalue weighted by Crippen LogP contribution is -2.41. The van der Waals surface area contributed by atoms with Gasteiger partial charge in [-0.05, 0) is 35.9 Å². The van der Waals surface area contributed by atoms with Crippen LogP contribution in [-0.4, -0.2) is 43.5 Å². The second-order valence-corrected chi connectivity index (χ2v) is 9.23. The molecule has 9 nitrogen and oxygen atoms in total. The van der Waals surface area contributed by atoms with E-state index in [0.29, 0.717) is 28.1 Å². The summed E-state index contributed by atoms with van der Waals surface area (Å²) in [6.07, 6.45) is 1.13. The van der Waals surface area contributed by atoms with Crippen molar-refractivity contribution in [3.63, 3.8) is 0 Å². The molecule has 0 heterocycles. The molecule has 1 atom stereocenters. The van der Waals surface area contributed by atoms with Gasteiger partial charge in [0.25, 0.3) is 5.91 Å². The standard InChI is InChI=1S/C23H22N4O5S/c1-33(31,32)19-8-3-2-7-18(19)14-9-11-16(12-10-14)27-22(28)20(23(29)30)26-17-6-4-5-15(13-17)21(24)25/h2-13,20,26H,1H3,(H3,24,25)(H,27,28)(H,29,30)/t20-/m0/s1. The largest absolute Gasteiger partial charge is 0.479 e. The second-order valence-electron chi connectivity index (χ2n) is 7.24. The number of nitrogens with two attached hydrogens (primary N) is 1. The van der Waals surface area contributed by atoms with Crippen LogP contribution in [0.15, 0.2) is 77.7 Å². The molecule has 3 aromatic carbocycles. The average Bonchev–Trinajstić information content (AvgIpc) is 2.77. The van der Waals surface area contributed by atoms with Crippen LogP contribution in [0.1, 0.15) is 5.56 Å². The van der Waals surface area contributed by atoms with E-state index in [1.807, 2.05) is 0 Å². The van der Waals surface area contributed by atoms with E-state index in [0.717, 1.165) is 6.26 Å². The number of benzene rings is 3. The second kappa shape index (κ2) is 9.53. The Morgan fingerprint density at radius 1 is 0.970 bits per heavy atom. The number of hydrogen-bond acceptors (Lipinski definition) is 6. The van der Waals surface area contributed by atoms with Gasteiger partial charge in [0, 0.05) is 28.8 Å². The minimum Gasteiger partial charge on any atom is -0.479 e. The normalized spacial score (nSPS) is 11.9. The first-order chi connectivity index (χ1) is 15.6. The van der Waals surface area contributed by atoms with Gasteiger partial charge in [0.05, 0.1) is 4.90 Å². The van der Waals surface area contributed by atoms with Crippen LogP contribution in [0.4, 0.5) is 11.4 Å². The fraction of sp³-hybridized carbons (Fsp3) is 0.0870. The smallest absolute Gasteiger partial charge is 0.336 e. The molecule has 170 valence electrons. The van der Waals surface area contributed by atoms with Crippen LogP contribution >= 0.6 is 0 Å². The number of nitrogen functional groups attached to an aromatic ring is 1. The number of rotatable bonds is 8. The Morgan fingerprint density at radius 3 is 2.24 bits per heavy atom. The Labute approximate surface area is 190 Å². The van der Waals surface area contributed by atoms with Crippen LogP contribution < -0.4 is 16.4 Å². The van der Waals surface area contributed by atoms with Crippen LogP contribution in [0, 0.1) is 5.41 Å². The molecule has 0 spiro atoms. The molecule has 0 aliphatic carbocycles. The maximum Gasteiger partial charge on any atom is 0.336 e. The van der Waals surface area contributed by atoms with Crippen LogP contribution in [0.25, 0.3) is 11.1 Å². The number of carbonyl (C=O) groups is 2. The van der Waals surface area contributed by atoms with Crippen molar-refractivity contribution in [2.45, 2.75) is 10.9 Å². The molecule has 3 aromatic rings. The van der Waals surface area contributed by atoms with Gasteiger partial charge in [-0.2, -0.15) is 0 Å². The average molecular weight is 467 g/mol. The summed E-state index contributed by atoms with van der Waals surface area (Å²) in [5.74, 6) is -2.38. The lowest BCUT2D eigenvalue weighted by Gasteiger charge is -2.16. The third kappa shape index (κ3) is 5.74. The number of sulfone groups is 1. The Morgan fingerprint density at radius 2 is 1.64 bits per heavy atom. The summed E-state index contributed by atoms with van der Waals surface area (Å²) in [5.41, 5.74) is 7.64. The van der Waals surface area contributed by atoms with E-state index in [2.05, 4.69) is 10.6 Å². The highest BCUT2D eigenvalue weighted by molar-refractivity contribution is 7.90. The minimum absolute atomic E-state index is 0.185. The predicted octanol–water partition coefficient (Wildman–Crippen LogP) is 2.54. The first-order valence-corrected chi connectivity index (χ1v) is 11.6. The molecule has 0 unspecified atom stereocenters. The number of amidine groups is 1. The maximum atomic E-state index is 12.6. The summed E-state index contributed by atoms with van der Waals surface area (Å²) in [6.45, 7) is 0. The lowest BCUT2D eigenvalue weighted by atomic mass is 10.1. The summed E-state index contributed by atoms with van der Waals surface area (Å²) < 4.78 is 24.1. The molecule has 0 bridgehead atoms. The van der Waals surface area contributed by atoms with Crippen molar-refractivity contribution in [3.8, 4) is 11.1 Å². The molecule has 6 N–H and O–H groups in total. The molecule has 33 heavy (non-hydrogen) atoms. The highest BCUT2D eigenvalue weighted by Crippen LogP contribution is 2.28. The quantitative estimate of drug-likeness (QED) is 0.193. The van der Waals surface area contributed by atoms with Gasteiger partial charge in [-0.1, -0.05) is 42.5 Å². The summed E-state index contributed by atoms with van der Waals surface area (Å²) in [4.78, 5) is 24.5. The number of carboxylic acids is 1. The fourth-order valence-corrected chi connectivity index (χ4v) is 4.07. The Kier molecular flexibility index (Phi) is 6.78. The molecule has 10 heteroatoms. The molecule has 0 aliphatic rings. The van der Waals surface area contributed by atoms with Gasteiger partial charge in [0.15, 0.2) is 9.84 Å². The van der Waals surface area contributed by atoms with E-state index in [1.165, 1.54) is 12.1 Å². The van der Waals surface area contributed by atoms with E-state index < -0.39 is 27.8 Å². The van der Waals surface area contributed by atoms with Crippen LogP contribution in [-0.2, 0) is 19.4 Å². The minimum atomic E-state index is -3.43. The van der Waals surface area contributed by atoms with Crippen molar-refractivity contribution in [2.75, 3.05) is 16.9 Å². The number of aliphatic carboxylic acids is 1. The zero-order chi connectivity index (χ0) is 24.2. The molecule has 0 aromatic heterocycles. The van der Waals surface area contributed by atoms with E-state index in [1.54, 1.807) is 60.7 Å². The highest BCUT2D eigenvalue weighted by Gasteiger charge is 2.26. The zero-order valence-corrected chi connectivity index (χ0v) is 18.4. The van der Waals surface area contributed by atoms with Gasteiger partial charge < -0.3 is 21.5 Å². The SMILES string of the molecule is CS(=O)(=O)c1ccccc1-c1ccc(NC(=O)[C@H](Nc2cccc(C(=N)N)c2)C(=O)O)cc1. The summed E-state index contributed by atoms with van der Waals surface area (Å²) in [7, 11) is -3.43. The first-order valence-electron chi connectivity index (χ1n) is 9.70. The van der Waals surface area contributed by atoms with Gasteiger partial charge >= 0.3 is 5.97 Å². The molecule has 0 aliphatic heterocycles. The number of carbonyl (C=O) groups excluding carboxylic acids is 1. The molecule has 0 radical (unpaired) electrons. The molecule has 3 rings (SSSR count). The van der Waals surface area contributed by atoms with Gasteiger partial charge in [0.2, 0.25) is 6.04 Å². The summed E-state index contributed by atoms with van der Waals surface area (Å²) >= 11 is 0. The number of nitrogens with one attached hydrogen (secondary N) is 3. The molecule has 0 fully saturated rings. The highest BCUT2D eigenvalue weighted by atomic mass is 32.2. The Bertz CT molecular complexity index is 1320. The van der Waals surface area contributed by atoms with E-state index >= 15 is 0 Å². The summed E-state index contributed by atoms with van der Waals surface area (Å²) in [6, 6.07) is 17.6. The maximum absolute atomic E-state index is 12.6. The lowest BCUT2D eigenvalue weighted by molar-refractivity contribution is -0.140. The van der Waals surface area contributed by atoms with E-state index in [4.69, 9.17) is 11.1 Å². The zero-order valence-electron chi connectivity index (χ0n) is 17.6. The fourth-order valence-electron chi connectivity index (χ4n) is 3.16. The van der Waals surface area contributed by atoms with E-state index in [-0.39, 0.29) is 10.7 Å². The summed E-state index contributed by atoms with van der Waals surface area (Å²) in [5, 5.41) is 22.2. The first kappa shape index (κ1) is 23.5. The van der Waals surface area contributed by atoms with Gasteiger partial charge in [0.1, 0.15) is 5.84 Å². The molecular weight excluding hydrogens is 444 g/mol. The number of hydrogen-bond donors (Lipinski definition) is 5. The van der Waals surface area contributed by atoms with Crippen LogP contribution in [0.3, 0.4) is 0 Å². The van der Waals surface area contributed by atoms with Crippen molar-refractivity contribution in [1.29, 1.82) is 5.41 Å². The van der Waals surface area contributed by atoms with Crippen LogP contribution in [0.2, 0.25) is 0 Å². The molecular formula is C23H22N4O5S. The molecule has 1 amide bonds. The van der Waals surface area contributed by atoms with Crippen molar-refractivity contribution in [3.05, 3.63) is 78.4 Å². The third-order valence-corrected chi connectivity index (χ3v) is 5.90. The van der Waals surface area contributed by atoms with Gasteiger partial charge in [-0.25, -0.2) is 13.2 Å². The number of carboxylic acid groups (broad SMARTS) is 1. The third-order valence-electron chi connectivity index (χ3n) is 4.74. The van der Waals surface area contributed by atoms with Gasteiger partial charge in [-0.15, -0.1) is 0 Å². The van der Waals surface area contributed by atoms with Crippen molar-refractivity contribution in [2.24, 2.45) is 5.73 Å². The predicted molar refractivity (Wildman–Crippen MR) is 126 cm³/mol.